The van der Waals surface area contributed by atoms with Crippen LogP contribution in [0.3, 0.4) is 0 Å². The lowest BCUT2D eigenvalue weighted by Gasteiger charge is -2.34. The van der Waals surface area contributed by atoms with Crippen molar-refractivity contribution >= 4 is 5.91 Å². The van der Waals surface area contributed by atoms with Crippen LogP contribution in [-0.4, -0.2) is 38.3 Å². The summed E-state index contributed by atoms with van der Waals surface area (Å²) >= 11 is 0. The van der Waals surface area contributed by atoms with Gasteiger partial charge >= 0.3 is 0 Å². The third-order valence-electron chi connectivity index (χ3n) is 3.99. The lowest BCUT2D eigenvalue weighted by molar-refractivity contribution is -0.126. The number of ether oxygens (including phenoxy) is 1. The molecule has 0 radical (unpaired) electrons. The Balaban J connectivity index is 1.74. The average Bonchev–Trinajstić information content (AvgIpc) is 2.38. The highest BCUT2D eigenvalue weighted by atomic mass is 16.5. The van der Waals surface area contributed by atoms with E-state index in [4.69, 9.17) is 4.74 Å². The normalized spacial score (nSPS) is 28.6. The van der Waals surface area contributed by atoms with Gasteiger partial charge in [-0.05, 0) is 18.3 Å². The quantitative estimate of drug-likeness (QED) is 0.775. The summed E-state index contributed by atoms with van der Waals surface area (Å²) in [6.07, 6.45) is 6.43. The zero-order valence-corrected chi connectivity index (χ0v) is 10.8. The zero-order chi connectivity index (χ0) is 12.1. The number of hydrogen-bond acceptors (Lipinski definition) is 3. The lowest BCUT2D eigenvalue weighted by atomic mass is 9.76. The van der Waals surface area contributed by atoms with Gasteiger partial charge in [-0.1, -0.05) is 26.2 Å². The van der Waals surface area contributed by atoms with Crippen molar-refractivity contribution in [3.8, 4) is 0 Å². The molecule has 1 saturated heterocycles. The molecular formula is C13H24N2O2. The molecule has 2 fully saturated rings. The van der Waals surface area contributed by atoms with E-state index in [1.807, 2.05) is 0 Å². The van der Waals surface area contributed by atoms with Gasteiger partial charge in [-0.2, -0.15) is 0 Å². The Bertz CT molecular complexity index is 256. The maximum Gasteiger partial charge on any atom is 0.239 e. The molecule has 4 heteroatoms. The summed E-state index contributed by atoms with van der Waals surface area (Å²) in [6.45, 7) is 5.08. The molecule has 0 bridgehead atoms. The van der Waals surface area contributed by atoms with Crippen LogP contribution in [0.2, 0.25) is 0 Å². The van der Waals surface area contributed by atoms with Crippen LogP contribution in [0.25, 0.3) is 0 Å². The molecule has 0 spiro atoms. The second-order valence-corrected chi connectivity index (χ2v) is 5.67. The number of rotatable bonds is 3. The first-order chi connectivity index (χ1) is 8.20. The summed E-state index contributed by atoms with van der Waals surface area (Å²) < 4.78 is 5.30. The number of hydrogen-bond donors (Lipinski definition) is 2. The van der Waals surface area contributed by atoms with E-state index in [2.05, 4.69) is 17.6 Å². The van der Waals surface area contributed by atoms with Gasteiger partial charge in [0.25, 0.3) is 0 Å². The van der Waals surface area contributed by atoms with Crippen LogP contribution in [-0.2, 0) is 9.53 Å². The minimum atomic E-state index is -0.157. The Hall–Kier alpha value is -0.610. The molecule has 1 unspecified atom stereocenters. The molecule has 0 aromatic rings. The fourth-order valence-electron chi connectivity index (χ4n) is 2.74. The van der Waals surface area contributed by atoms with Crippen LogP contribution in [0.5, 0.6) is 0 Å². The molecular weight excluding hydrogens is 216 g/mol. The maximum atomic E-state index is 11.9. The van der Waals surface area contributed by atoms with E-state index in [9.17, 15) is 4.79 Å². The van der Waals surface area contributed by atoms with E-state index in [-0.39, 0.29) is 11.9 Å². The van der Waals surface area contributed by atoms with Gasteiger partial charge in [-0.25, -0.2) is 0 Å². The molecule has 0 aromatic carbocycles. The summed E-state index contributed by atoms with van der Waals surface area (Å²) in [4.78, 5) is 11.9. The van der Waals surface area contributed by atoms with Crippen molar-refractivity contribution < 1.29 is 9.53 Å². The van der Waals surface area contributed by atoms with Gasteiger partial charge in [-0.15, -0.1) is 0 Å². The Morgan fingerprint density at radius 3 is 2.82 bits per heavy atom. The zero-order valence-electron chi connectivity index (χ0n) is 10.8. The standard InChI is InChI=1S/C13H24N2O2/c1-13(5-3-2-4-6-13)10-15-12(16)11-9-17-8-7-14-11/h11,14H,2-10H2,1H3,(H,15,16). The van der Waals surface area contributed by atoms with Gasteiger partial charge in [0.15, 0.2) is 0 Å². The van der Waals surface area contributed by atoms with Crippen molar-refractivity contribution in [1.29, 1.82) is 0 Å². The van der Waals surface area contributed by atoms with Crippen molar-refractivity contribution in [2.24, 2.45) is 5.41 Å². The summed E-state index contributed by atoms with van der Waals surface area (Å²) in [7, 11) is 0. The minimum Gasteiger partial charge on any atom is -0.378 e. The Morgan fingerprint density at radius 2 is 2.18 bits per heavy atom. The van der Waals surface area contributed by atoms with Gasteiger partial charge in [0, 0.05) is 13.1 Å². The predicted octanol–water partition coefficient (Wildman–Crippen LogP) is 1.06. The number of amides is 1. The highest BCUT2D eigenvalue weighted by Crippen LogP contribution is 2.34. The molecule has 1 heterocycles. The van der Waals surface area contributed by atoms with Crippen LogP contribution >= 0.6 is 0 Å². The summed E-state index contributed by atoms with van der Waals surface area (Å²) in [5, 5.41) is 6.26. The second kappa shape index (κ2) is 5.83. The molecule has 1 atom stereocenters. The summed E-state index contributed by atoms with van der Waals surface area (Å²) in [5.74, 6) is 0.0940. The Kier molecular flexibility index (Phi) is 4.40. The number of carbonyl (C=O) groups is 1. The van der Waals surface area contributed by atoms with E-state index in [1.165, 1.54) is 32.1 Å². The summed E-state index contributed by atoms with van der Waals surface area (Å²) in [6, 6.07) is -0.157. The SMILES string of the molecule is CC1(CNC(=O)C2COCCN2)CCCCC1. The monoisotopic (exact) mass is 240 g/mol. The van der Waals surface area contributed by atoms with Crippen LogP contribution < -0.4 is 10.6 Å². The highest BCUT2D eigenvalue weighted by molar-refractivity contribution is 5.82. The van der Waals surface area contributed by atoms with E-state index < -0.39 is 0 Å². The minimum absolute atomic E-state index is 0.0940. The van der Waals surface area contributed by atoms with Gasteiger partial charge in [0.05, 0.1) is 13.2 Å². The first kappa shape index (κ1) is 12.8. The van der Waals surface area contributed by atoms with Gasteiger partial charge < -0.3 is 15.4 Å². The van der Waals surface area contributed by atoms with E-state index >= 15 is 0 Å². The Morgan fingerprint density at radius 1 is 1.41 bits per heavy atom. The molecule has 2 aliphatic rings. The molecule has 4 nitrogen and oxygen atoms in total. The predicted molar refractivity (Wildman–Crippen MR) is 66.8 cm³/mol. The lowest BCUT2D eigenvalue weighted by Crippen LogP contribution is -2.52. The Labute approximate surface area is 103 Å². The molecule has 2 N–H and O–H groups in total. The molecule has 1 amide bonds. The van der Waals surface area contributed by atoms with E-state index in [0.29, 0.717) is 18.6 Å². The molecule has 2 rings (SSSR count). The summed E-state index contributed by atoms with van der Waals surface area (Å²) in [5.41, 5.74) is 0.309. The fraction of sp³-hybridized carbons (Fsp3) is 0.923. The molecule has 1 aliphatic heterocycles. The smallest absolute Gasteiger partial charge is 0.239 e. The largest absolute Gasteiger partial charge is 0.378 e. The number of nitrogens with one attached hydrogen (secondary N) is 2. The average molecular weight is 240 g/mol. The van der Waals surface area contributed by atoms with E-state index in [0.717, 1.165) is 13.1 Å². The molecule has 1 saturated carbocycles. The third kappa shape index (κ3) is 3.68. The molecule has 0 aromatic heterocycles. The van der Waals surface area contributed by atoms with Crippen LogP contribution in [0.15, 0.2) is 0 Å². The molecule has 98 valence electrons. The van der Waals surface area contributed by atoms with Crippen LogP contribution in [0.4, 0.5) is 0 Å². The fourth-order valence-corrected chi connectivity index (χ4v) is 2.74. The van der Waals surface area contributed by atoms with Crippen LogP contribution in [0, 0.1) is 5.41 Å². The topological polar surface area (TPSA) is 50.4 Å². The first-order valence-corrected chi connectivity index (χ1v) is 6.78. The molecule has 1 aliphatic carbocycles. The van der Waals surface area contributed by atoms with Crippen LogP contribution in [0.1, 0.15) is 39.0 Å². The van der Waals surface area contributed by atoms with Crippen molar-refractivity contribution in [2.75, 3.05) is 26.3 Å². The van der Waals surface area contributed by atoms with Crippen molar-refractivity contribution in [2.45, 2.75) is 45.1 Å². The third-order valence-corrected chi connectivity index (χ3v) is 3.99. The van der Waals surface area contributed by atoms with Gasteiger partial charge in [-0.3, -0.25) is 4.79 Å². The maximum absolute atomic E-state index is 11.9. The van der Waals surface area contributed by atoms with Crippen molar-refractivity contribution in [3.05, 3.63) is 0 Å². The molecule has 17 heavy (non-hydrogen) atoms. The van der Waals surface area contributed by atoms with Crippen molar-refractivity contribution in [3.63, 3.8) is 0 Å². The van der Waals surface area contributed by atoms with Crippen molar-refractivity contribution in [1.82, 2.24) is 10.6 Å². The number of carbonyl (C=O) groups excluding carboxylic acids is 1. The van der Waals surface area contributed by atoms with E-state index in [1.54, 1.807) is 0 Å². The number of morpholine rings is 1. The second-order valence-electron chi connectivity index (χ2n) is 5.67. The first-order valence-electron chi connectivity index (χ1n) is 6.78. The highest BCUT2D eigenvalue weighted by Gasteiger charge is 2.28. The van der Waals surface area contributed by atoms with Gasteiger partial charge in [0.1, 0.15) is 6.04 Å². The van der Waals surface area contributed by atoms with Gasteiger partial charge in [0.2, 0.25) is 5.91 Å².